The van der Waals surface area contributed by atoms with Gasteiger partial charge in [-0.05, 0) is 93.1 Å². The largest absolute Gasteiger partial charge is 0.411 e. The normalized spacial score (nSPS) is 50.9. The first-order valence-corrected chi connectivity index (χ1v) is 11.2. The van der Waals surface area contributed by atoms with Crippen LogP contribution in [-0.2, 0) is 4.74 Å². The highest BCUT2D eigenvalue weighted by Gasteiger charge is 2.66. The third-order valence-electron chi connectivity index (χ3n) is 9.21. The highest BCUT2D eigenvalue weighted by Crippen LogP contribution is 2.69. The molecule has 8 atom stereocenters. The smallest absolute Gasteiger partial charge is 0.175 e. The summed E-state index contributed by atoms with van der Waals surface area (Å²) in [5, 5.41) is 22.9. The van der Waals surface area contributed by atoms with Crippen LogP contribution in [0.1, 0.15) is 58.3 Å². The molecule has 4 nitrogen and oxygen atoms in total. The zero-order valence-corrected chi connectivity index (χ0v) is 16.9. The fourth-order valence-corrected chi connectivity index (χ4v) is 8.17. The predicted octanol–water partition coefficient (Wildman–Crippen LogP) is 4.84. The summed E-state index contributed by atoms with van der Waals surface area (Å²) < 4.78 is 6.22. The number of aliphatic hydroxyl groups excluding tert-OH is 1. The summed E-state index contributed by atoms with van der Waals surface area (Å²) in [7, 11) is 0. The van der Waals surface area contributed by atoms with E-state index in [-0.39, 0.29) is 11.0 Å². The van der Waals surface area contributed by atoms with E-state index in [4.69, 9.17) is 4.74 Å². The second kappa shape index (κ2) is 6.56. The average molecular weight is 384 g/mol. The molecule has 1 heterocycles. The Kier molecular flexibility index (Phi) is 4.37. The van der Waals surface area contributed by atoms with Gasteiger partial charge < -0.3 is 15.1 Å². The molecule has 4 heteroatoms. The number of oxime groups is 1. The first-order chi connectivity index (χ1) is 13.6. The molecule has 28 heavy (non-hydrogen) atoms. The number of hydrogen-bond acceptors (Lipinski definition) is 4. The Morgan fingerprint density at radius 3 is 2.86 bits per heavy atom. The van der Waals surface area contributed by atoms with E-state index in [1.165, 1.54) is 24.8 Å². The lowest BCUT2D eigenvalue weighted by Gasteiger charge is -2.58. The van der Waals surface area contributed by atoms with Crippen LogP contribution in [-0.4, -0.2) is 27.9 Å². The van der Waals surface area contributed by atoms with Crippen molar-refractivity contribution in [2.45, 2.75) is 70.2 Å². The fraction of sp³-hybridized carbons (Fsp3) is 0.708. The maximum atomic E-state index is 10.1. The van der Waals surface area contributed by atoms with Gasteiger partial charge in [-0.15, -0.1) is 6.58 Å². The molecule has 5 rings (SSSR count). The average Bonchev–Trinajstić information content (AvgIpc) is 3.27. The number of rotatable bonds is 2. The summed E-state index contributed by atoms with van der Waals surface area (Å²) in [4.78, 5) is 0. The number of fused-ring (bicyclic) bond motifs is 6. The third kappa shape index (κ3) is 2.34. The van der Waals surface area contributed by atoms with Crippen molar-refractivity contribution in [3.05, 3.63) is 36.5 Å². The Bertz CT molecular complexity index is 755. The van der Waals surface area contributed by atoms with Gasteiger partial charge in [0, 0.05) is 5.41 Å². The molecule has 152 valence electrons. The van der Waals surface area contributed by atoms with Crippen molar-refractivity contribution in [2.24, 2.45) is 40.2 Å². The molecular weight excluding hydrogens is 350 g/mol. The second-order valence-electron chi connectivity index (χ2n) is 9.75. The molecule has 0 aromatic carbocycles. The summed E-state index contributed by atoms with van der Waals surface area (Å²) in [6.07, 6.45) is 16.4. The van der Waals surface area contributed by atoms with Crippen LogP contribution in [0.3, 0.4) is 0 Å². The first kappa shape index (κ1) is 18.6. The molecule has 0 amide bonds. The Morgan fingerprint density at radius 2 is 2.18 bits per heavy atom. The lowest BCUT2D eigenvalue weighted by Crippen LogP contribution is -2.55. The molecule has 1 spiro atoms. The zero-order valence-electron chi connectivity index (χ0n) is 16.9. The van der Waals surface area contributed by atoms with Crippen LogP contribution in [0.25, 0.3) is 0 Å². The van der Waals surface area contributed by atoms with Gasteiger partial charge in [0.1, 0.15) is 0 Å². The van der Waals surface area contributed by atoms with Crippen molar-refractivity contribution in [2.75, 3.05) is 0 Å². The van der Waals surface area contributed by atoms with E-state index in [1.807, 2.05) is 6.08 Å². The highest BCUT2D eigenvalue weighted by atomic mass is 16.6. The van der Waals surface area contributed by atoms with Crippen LogP contribution >= 0.6 is 0 Å². The monoisotopic (exact) mass is 383 g/mol. The van der Waals surface area contributed by atoms with Crippen molar-refractivity contribution in [3.63, 3.8) is 0 Å². The fourth-order valence-electron chi connectivity index (χ4n) is 8.17. The van der Waals surface area contributed by atoms with Crippen LogP contribution < -0.4 is 0 Å². The third-order valence-corrected chi connectivity index (χ3v) is 9.21. The van der Waals surface area contributed by atoms with Gasteiger partial charge in [0.05, 0.1) is 11.3 Å². The van der Waals surface area contributed by atoms with Crippen molar-refractivity contribution in [1.29, 1.82) is 0 Å². The standard InChI is InChI=1S/C24H33NO3/c1-3-15-13-16-14-17(25-27)5-6-18(16)19-7-10-23(4-2)20(22(15)19)8-11-24(23)12-9-21(26)28-24/h3,9,12,14-15,18-22,26-27H,1,4-8,10-11,13H2,2H3/b25-17+/t15-,18+,19?,20?,21?,22?,23+,24-/m1/s1. The lowest BCUT2D eigenvalue weighted by atomic mass is 9.47. The predicted molar refractivity (Wildman–Crippen MR) is 109 cm³/mol. The van der Waals surface area contributed by atoms with Crippen molar-refractivity contribution >= 4 is 5.71 Å². The van der Waals surface area contributed by atoms with E-state index < -0.39 is 6.29 Å². The summed E-state index contributed by atoms with van der Waals surface area (Å²) in [6, 6.07) is 0. The molecular formula is C24H33NO3. The van der Waals surface area contributed by atoms with E-state index in [2.05, 4.69) is 36.9 Å². The zero-order chi connectivity index (χ0) is 19.5. The van der Waals surface area contributed by atoms with Crippen molar-refractivity contribution < 1.29 is 15.1 Å². The molecule has 1 aliphatic heterocycles. The number of nitrogens with zero attached hydrogens (tertiary/aromatic N) is 1. The van der Waals surface area contributed by atoms with E-state index in [9.17, 15) is 10.3 Å². The summed E-state index contributed by atoms with van der Waals surface area (Å²) in [6.45, 7) is 6.55. The van der Waals surface area contributed by atoms with Crippen LogP contribution in [0.2, 0.25) is 0 Å². The molecule has 0 radical (unpaired) electrons. The molecule has 3 fully saturated rings. The van der Waals surface area contributed by atoms with E-state index in [1.54, 1.807) is 0 Å². The SMILES string of the molecule is C=C[C@@H]1CC2=C/C(=N/O)CC[C@@H]2C2CC[C@@]3(CC)C(CC[C@@]34C=CC(O)O4)C21. The van der Waals surface area contributed by atoms with Gasteiger partial charge >= 0.3 is 0 Å². The maximum Gasteiger partial charge on any atom is 0.175 e. The second-order valence-corrected chi connectivity index (χ2v) is 9.75. The van der Waals surface area contributed by atoms with Gasteiger partial charge in [-0.2, -0.15) is 0 Å². The minimum absolute atomic E-state index is 0.136. The number of ether oxygens (including phenoxy) is 1. The Morgan fingerprint density at radius 1 is 1.32 bits per heavy atom. The molecule has 3 saturated carbocycles. The summed E-state index contributed by atoms with van der Waals surface area (Å²) >= 11 is 0. The quantitative estimate of drug-likeness (QED) is 0.408. The van der Waals surface area contributed by atoms with Crippen LogP contribution in [0.4, 0.5) is 0 Å². The molecule has 0 aromatic heterocycles. The molecule has 0 aromatic rings. The Labute approximate surface area is 168 Å². The summed E-state index contributed by atoms with van der Waals surface area (Å²) in [5.41, 5.74) is 2.18. The Balaban J connectivity index is 1.53. The number of allylic oxidation sites excluding steroid dienone is 3. The first-order valence-electron chi connectivity index (χ1n) is 11.2. The van der Waals surface area contributed by atoms with Gasteiger partial charge in [0.15, 0.2) is 6.29 Å². The van der Waals surface area contributed by atoms with E-state index in [0.29, 0.717) is 29.6 Å². The molecule has 4 aliphatic carbocycles. The maximum absolute atomic E-state index is 10.1. The van der Waals surface area contributed by atoms with Gasteiger partial charge in [0.2, 0.25) is 0 Å². The van der Waals surface area contributed by atoms with E-state index >= 15 is 0 Å². The Hall–Kier alpha value is -1.39. The topological polar surface area (TPSA) is 62.1 Å². The van der Waals surface area contributed by atoms with Gasteiger partial charge in [-0.25, -0.2) is 0 Å². The van der Waals surface area contributed by atoms with Crippen LogP contribution in [0, 0.1) is 35.0 Å². The van der Waals surface area contributed by atoms with Gasteiger partial charge in [-0.1, -0.05) is 29.8 Å². The van der Waals surface area contributed by atoms with Gasteiger partial charge in [-0.3, -0.25) is 0 Å². The lowest BCUT2D eigenvalue weighted by molar-refractivity contribution is -0.190. The minimum atomic E-state index is -0.745. The molecule has 0 saturated heterocycles. The molecule has 0 bridgehead atoms. The van der Waals surface area contributed by atoms with E-state index in [0.717, 1.165) is 37.8 Å². The minimum Gasteiger partial charge on any atom is -0.411 e. The van der Waals surface area contributed by atoms with Crippen LogP contribution in [0.5, 0.6) is 0 Å². The highest BCUT2D eigenvalue weighted by molar-refractivity contribution is 5.96. The van der Waals surface area contributed by atoms with Gasteiger partial charge in [0.25, 0.3) is 0 Å². The van der Waals surface area contributed by atoms with Crippen LogP contribution in [0.15, 0.2) is 41.6 Å². The van der Waals surface area contributed by atoms with Crippen molar-refractivity contribution in [1.82, 2.24) is 0 Å². The molecule has 5 aliphatic rings. The molecule has 2 N–H and O–H groups in total. The van der Waals surface area contributed by atoms with Crippen molar-refractivity contribution in [3.8, 4) is 0 Å². The summed E-state index contributed by atoms with van der Waals surface area (Å²) in [5.74, 6) is 3.08. The molecule has 4 unspecified atom stereocenters. The number of hydrogen-bond donors (Lipinski definition) is 2. The number of aliphatic hydroxyl groups is 1.